The average molecular weight is 276 g/mol. The second-order valence-electron chi connectivity index (χ2n) is 6.13. The second-order valence-corrected chi connectivity index (χ2v) is 6.13. The van der Waals surface area contributed by atoms with E-state index in [0.717, 1.165) is 43.5 Å². The van der Waals surface area contributed by atoms with Crippen LogP contribution in [0.4, 0.5) is 5.69 Å². The molecule has 0 amide bonds. The molecule has 0 radical (unpaired) electrons. The minimum atomic E-state index is 0.378. The molecule has 4 heteroatoms. The molecule has 4 nitrogen and oxygen atoms in total. The van der Waals surface area contributed by atoms with Gasteiger partial charge >= 0.3 is 0 Å². The third-order valence-corrected chi connectivity index (χ3v) is 3.73. The number of hydrogen-bond donors (Lipinski definition) is 1. The molecule has 0 spiro atoms. The van der Waals surface area contributed by atoms with E-state index in [2.05, 4.69) is 36.0 Å². The number of nitrogens with zero attached hydrogens (tertiary/aromatic N) is 3. The Kier molecular flexibility index (Phi) is 5.35. The fraction of sp³-hybridized carbons (Fsp3) is 0.750. The summed E-state index contributed by atoms with van der Waals surface area (Å²) in [6.07, 6.45) is 5.96. The van der Waals surface area contributed by atoms with E-state index < -0.39 is 0 Å². The Hall–Kier alpha value is -1.16. The molecule has 20 heavy (non-hydrogen) atoms. The van der Waals surface area contributed by atoms with Gasteiger partial charge in [-0.25, -0.2) is 9.97 Å². The summed E-state index contributed by atoms with van der Waals surface area (Å²) in [6, 6.07) is 0. The van der Waals surface area contributed by atoms with Crippen molar-refractivity contribution in [3.63, 3.8) is 0 Å². The van der Waals surface area contributed by atoms with Crippen LogP contribution in [0.3, 0.4) is 0 Å². The van der Waals surface area contributed by atoms with Crippen LogP contribution in [-0.2, 0) is 6.54 Å². The van der Waals surface area contributed by atoms with E-state index in [1.165, 1.54) is 18.5 Å². The Balaban J connectivity index is 2.25. The summed E-state index contributed by atoms with van der Waals surface area (Å²) in [7, 11) is 1.98. The standard InChI is InChI=1S/C16H28N4/c1-5-8-20(11-13-6-7-13)15-10-18-16(12(2)3)19-14(15)9-17-4/h10,12-13,17H,5-9,11H2,1-4H3. The van der Waals surface area contributed by atoms with Gasteiger partial charge in [0, 0.05) is 25.6 Å². The molecule has 1 N–H and O–H groups in total. The predicted octanol–water partition coefficient (Wildman–Crippen LogP) is 2.95. The molecule has 1 saturated carbocycles. The van der Waals surface area contributed by atoms with E-state index in [1.807, 2.05) is 13.2 Å². The molecular weight excluding hydrogens is 248 g/mol. The molecule has 0 atom stereocenters. The Morgan fingerprint density at radius 3 is 2.70 bits per heavy atom. The molecule has 0 unspecified atom stereocenters. The number of aromatic nitrogens is 2. The normalized spacial score (nSPS) is 14.8. The molecule has 0 saturated heterocycles. The molecule has 1 aliphatic carbocycles. The van der Waals surface area contributed by atoms with Crippen molar-refractivity contribution in [1.82, 2.24) is 15.3 Å². The molecule has 1 fully saturated rings. The zero-order chi connectivity index (χ0) is 14.5. The van der Waals surface area contributed by atoms with Crippen molar-refractivity contribution >= 4 is 5.69 Å². The lowest BCUT2D eigenvalue weighted by atomic mass is 10.2. The molecule has 1 aromatic rings. The number of hydrogen-bond acceptors (Lipinski definition) is 4. The van der Waals surface area contributed by atoms with Crippen LogP contribution in [0.2, 0.25) is 0 Å². The number of nitrogens with one attached hydrogen (secondary N) is 1. The third-order valence-electron chi connectivity index (χ3n) is 3.73. The summed E-state index contributed by atoms with van der Waals surface area (Å²) >= 11 is 0. The summed E-state index contributed by atoms with van der Waals surface area (Å²) in [5.74, 6) is 2.21. The molecule has 112 valence electrons. The highest BCUT2D eigenvalue weighted by Gasteiger charge is 2.25. The van der Waals surface area contributed by atoms with Crippen LogP contribution < -0.4 is 10.2 Å². The first kappa shape index (κ1) is 15.2. The van der Waals surface area contributed by atoms with Gasteiger partial charge in [-0.05, 0) is 32.2 Å². The van der Waals surface area contributed by atoms with Crippen LogP contribution >= 0.6 is 0 Å². The molecule has 1 aromatic heterocycles. The third kappa shape index (κ3) is 3.92. The average Bonchev–Trinajstić information content (AvgIpc) is 3.22. The summed E-state index contributed by atoms with van der Waals surface area (Å²) in [5, 5.41) is 3.24. The van der Waals surface area contributed by atoms with Gasteiger partial charge in [-0.15, -0.1) is 0 Å². The molecular formula is C16H28N4. The second kappa shape index (κ2) is 7.02. The fourth-order valence-electron chi connectivity index (χ4n) is 2.46. The van der Waals surface area contributed by atoms with Crippen LogP contribution in [0.1, 0.15) is 57.5 Å². The van der Waals surface area contributed by atoms with Gasteiger partial charge in [0.1, 0.15) is 5.82 Å². The highest BCUT2D eigenvalue weighted by molar-refractivity contribution is 5.49. The van der Waals surface area contributed by atoms with Crippen LogP contribution in [0.5, 0.6) is 0 Å². The van der Waals surface area contributed by atoms with Crippen LogP contribution in [0.25, 0.3) is 0 Å². The van der Waals surface area contributed by atoms with Gasteiger partial charge in [0.2, 0.25) is 0 Å². The lowest BCUT2D eigenvalue weighted by Gasteiger charge is -2.26. The van der Waals surface area contributed by atoms with Crippen molar-refractivity contribution in [2.24, 2.45) is 5.92 Å². The maximum atomic E-state index is 4.78. The largest absolute Gasteiger partial charge is 0.369 e. The van der Waals surface area contributed by atoms with E-state index in [9.17, 15) is 0 Å². The number of rotatable bonds is 8. The molecule has 2 rings (SSSR count). The first-order chi connectivity index (χ1) is 9.65. The summed E-state index contributed by atoms with van der Waals surface area (Å²) < 4.78 is 0. The number of anilines is 1. The van der Waals surface area contributed by atoms with E-state index in [1.54, 1.807) is 0 Å². The van der Waals surface area contributed by atoms with Gasteiger partial charge in [0.15, 0.2) is 0 Å². The van der Waals surface area contributed by atoms with E-state index in [0.29, 0.717) is 5.92 Å². The van der Waals surface area contributed by atoms with Gasteiger partial charge in [0.25, 0.3) is 0 Å². The van der Waals surface area contributed by atoms with Crippen molar-refractivity contribution in [3.8, 4) is 0 Å². The highest BCUT2D eigenvalue weighted by atomic mass is 15.2. The predicted molar refractivity (Wildman–Crippen MR) is 84.1 cm³/mol. The van der Waals surface area contributed by atoms with Crippen molar-refractivity contribution in [2.45, 2.75) is 52.5 Å². The molecule has 0 aliphatic heterocycles. The zero-order valence-electron chi connectivity index (χ0n) is 13.3. The maximum absolute atomic E-state index is 4.78. The molecule has 0 aromatic carbocycles. The van der Waals surface area contributed by atoms with Crippen molar-refractivity contribution in [1.29, 1.82) is 0 Å². The quantitative estimate of drug-likeness (QED) is 0.792. The Morgan fingerprint density at radius 2 is 2.15 bits per heavy atom. The monoisotopic (exact) mass is 276 g/mol. The van der Waals surface area contributed by atoms with Crippen molar-refractivity contribution < 1.29 is 0 Å². The maximum Gasteiger partial charge on any atom is 0.131 e. The van der Waals surface area contributed by atoms with Gasteiger partial charge in [-0.3, -0.25) is 0 Å². The molecule has 0 bridgehead atoms. The van der Waals surface area contributed by atoms with E-state index in [-0.39, 0.29) is 0 Å². The summed E-state index contributed by atoms with van der Waals surface area (Å²) in [6.45, 7) is 9.59. The zero-order valence-corrected chi connectivity index (χ0v) is 13.3. The van der Waals surface area contributed by atoms with E-state index >= 15 is 0 Å². The van der Waals surface area contributed by atoms with Crippen LogP contribution in [-0.4, -0.2) is 30.1 Å². The summed E-state index contributed by atoms with van der Waals surface area (Å²) in [5.41, 5.74) is 2.36. The van der Waals surface area contributed by atoms with Crippen LogP contribution in [0.15, 0.2) is 6.20 Å². The first-order valence-electron chi connectivity index (χ1n) is 7.91. The Labute approximate surface area is 123 Å². The molecule has 1 heterocycles. The smallest absolute Gasteiger partial charge is 0.131 e. The van der Waals surface area contributed by atoms with Crippen LogP contribution in [0, 0.1) is 5.92 Å². The fourth-order valence-corrected chi connectivity index (χ4v) is 2.46. The minimum Gasteiger partial charge on any atom is -0.369 e. The molecule has 1 aliphatic rings. The topological polar surface area (TPSA) is 41.1 Å². The Morgan fingerprint density at radius 1 is 1.40 bits per heavy atom. The SMILES string of the molecule is CCCN(CC1CC1)c1cnc(C(C)C)nc1CNC. The van der Waals surface area contributed by atoms with Crippen molar-refractivity contribution in [2.75, 3.05) is 25.0 Å². The minimum absolute atomic E-state index is 0.378. The first-order valence-corrected chi connectivity index (χ1v) is 7.91. The van der Waals surface area contributed by atoms with Gasteiger partial charge in [-0.2, -0.15) is 0 Å². The van der Waals surface area contributed by atoms with Gasteiger partial charge in [-0.1, -0.05) is 20.8 Å². The highest BCUT2D eigenvalue weighted by Crippen LogP contribution is 2.32. The van der Waals surface area contributed by atoms with Gasteiger partial charge < -0.3 is 10.2 Å². The summed E-state index contributed by atoms with van der Waals surface area (Å²) in [4.78, 5) is 11.8. The Bertz CT molecular complexity index is 426. The van der Waals surface area contributed by atoms with Gasteiger partial charge in [0.05, 0.1) is 17.6 Å². The van der Waals surface area contributed by atoms with E-state index in [4.69, 9.17) is 4.98 Å². The lowest BCUT2D eigenvalue weighted by Crippen LogP contribution is -2.29. The lowest BCUT2D eigenvalue weighted by molar-refractivity contribution is 0.678. The van der Waals surface area contributed by atoms with Crippen molar-refractivity contribution in [3.05, 3.63) is 17.7 Å².